The van der Waals surface area contributed by atoms with E-state index in [4.69, 9.17) is 23.2 Å². The third-order valence-corrected chi connectivity index (χ3v) is 5.69. The lowest BCUT2D eigenvalue weighted by Gasteiger charge is -2.09. The predicted molar refractivity (Wildman–Crippen MR) is 98.0 cm³/mol. The summed E-state index contributed by atoms with van der Waals surface area (Å²) in [5.41, 5.74) is 0.552. The monoisotopic (exact) mass is 384 g/mol. The van der Waals surface area contributed by atoms with Crippen LogP contribution in [0.15, 0.2) is 23.4 Å². The van der Waals surface area contributed by atoms with Crippen molar-refractivity contribution in [3.63, 3.8) is 0 Å². The molecule has 1 aliphatic rings. The zero-order valence-corrected chi connectivity index (χ0v) is 15.6. The highest BCUT2D eigenvalue weighted by Gasteiger charge is 2.23. The number of anilines is 1. The maximum atomic E-state index is 12.1. The Bertz CT molecular complexity index is 744. The lowest BCUT2D eigenvalue weighted by atomic mass is 10.1. The summed E-state index contributed by atoms with van der Waals surface area (Å²) in [7, 11) is 1.96. The maximum absolute atomic E-state index is 12.1. The molecule has 0 saturated heterocycles. The number of rotatable bonds is 5. The minimum atomic E-state index is -0.144. The number of hydrogen-bond acceptors (Lipinski definition) is 4. The minimum Gasteiger partial charge on any atom is -0.324 e. The Morgan fingerprint density at radius 2 is 2.08 bits per heavy atom. The van der Waals surface area contributed by atoms with Gasteiger partial charge in [-0.2, -0.15) is 0 Å². The van der Waals surface area contributed by atoms with Gasteiger partial charge in [-0.15, -0.1) is 10.2 Å². The Morgan fingerprint density at radius 3 is 2.79 bits per heavy atom. The normalized spacial score (nSPS) is 15.0. The van der Waals surface area contributed by atoms with Crippen molar-refractivity contribution in [3.8, 4) is 0 Å². The zero-order chi connectivity index (χ0) is 17.1. The van der Waals surface area contributed by atoms with Crippen molar-refractivity contribution in [2.75, 3.05) is 11.1 Å². The van der Waals surface area contributed by atoms with Gasteiger partial charge in [0, 0.05) is 18.0 Å². The maximum Gasteiger partial charge on any atom is 0.234 e. The van der Waals surface area contributed by atoms with E-state index in [0.717, 1.165) is 11.0 Å². The van der Waals surface area contributed by atoms with Crippen LogP contribution >= 0.6 is 35.0 Å². The number of aromatic nitrogens is 3. The molecule has 1 amide bonds. The second kappa shape index (κ2) is 7.76. The third-order valence-electron chi connectivity index (χ3n) is 4.13. The summed E-state index contributed by atoms with van der Waals surface area (Å²) in [5, 5.41) is 13.0. The number of carbonyl (C=O) groups excluding carboxylic acids is 1. The van der Waals surface area contributed by atoms with E-state index in [1.54, 1.807) is 18.2 Å². The summed E-state index contributed by atoms with van der Waals surface area (Å²) in [5.74, 6) is 1.62. The van der Waals surface area contributed by atoms with E-state index in [0.29, 0.717) is 21.7 Å². The van der Waals surface area contributed by atoms with Gasteiger partial charge in [-0.1, -0.05) is 47.8 Å². The molecule has 24 heavy (non-hydrogen) atoms. The second-order valence-electron chi connectivity index (χ2n) is 5.84. The highest BCUT2D eigenvalue weighted by Crippen LogP contribution is 2.34. The lowest BCUT2D eigenvalue weighted by molar-refractivity contribution is -0.113. The number of nitrogens with zero attached hydrogens (tertiary/aromatic N) is 3. The highest BCUT2D eigenvalue weighted by molar-refractivity contribution is 7.99. The van der Waals surface area contributed by atoms with Crippen molar-refractivity contribution >= 4 is 46.6 Å². The molecule has 1 fully saturated rings. The van der Waals surface area contributed by atoms with Crippen molar-refractivity contribution in [2.24, 2.45) is 7.05 Å². The fraction of sp³-hybridized carbons (Fsp3) is 0.438. The average Bonchev–Trinajstić information content (AvgIpc) is 3.18. The largest absolute Gasteiger partial charge is 0.324 e. The lowest BCUT2D eigenvalue weighted by Crippen LogP contribution is -2.15. The molecule has 0 atom stereocenters. The molecule has 5 nitrogen and oxygen atoms in total. The zero-order valence-electron chi connectivity index (χ0n) is 13.3. The van der Waals surface area contributed by atoms with Crippen molar-refractivity contribution in [1.82, 2.24) is 14.8 Å². The molecule has 1 saturated carbocycles. The molecule has 0 radical (unpaired) electrons. The van der Waals surface area contributed by atoms with Crippen molar-refractivity contribution in [1.29, 1.82) is 0 Å². The number of carbonyl (C=O) groups is 1. The number of halogens is 2. The van der Waals surface area contributed by atoms with Crippen LogP contribution in [0.2, 0.25) is 10.0 Å². The summed E-state index contributed by atoms with van der Waals surface area (Å²) < 4.78 is 2.00. The van der Waals surface area contributed by atoms with Gasteiger partial charge in [0.15, 0.2) is 5.16 Å². The number of hydrogen-bond donors (Lipinski definition) is 1. The SMILES string of the molecule is Cn1c(SCC(=O)Nc2ccc(Cl)cc2Cl)nnc1C1CCCC1. The predicted octanol–water partition coefficient (Wildman–Crippen LogP) is 4.51. The third kappa shape index (κ3) is 4.05. The summed E-state index contributed by atoms with van der Waals surface area (Å²) in [6.45, 7) is 0. The highest BCUT2D eigenvalue weighted by atomic mass is 35.5. The summed E-state index contributed by atoms with van der Waals surface area (Å²) >= 11 is 13.3. The van der Waals surface area contributed by atoms with Crippen molar-refractivity contribution < 1.29 is 4.79 Å². The van der Waals surface area contributed by atoms with Gasteiger partial charge in [-0.05, 0) is 31.0 Å². The van der Waals surface area contributed by atoms with Crippen LogP contribution in [0.4, 0.5) is 5.69 Å². The van der Waals surface area contributed by atoms with Crippen LogP contribution < -0.4 is 5.32 Å². The molecule has 3 rings (SSSR count). The van der Waals surface area contributed by atoms with E-state index in [1.807, 2.05) is 11.6 Å². The van der Waals surface area contributed by atoms with E-state index in [1.165, 1.54) is 37.4 Å². The summed E-state index contributed by atoms with van der Waals surface area (Å²) in [4.78, 5) is 12.1. The van der Waals surface area contributed by atoms with E-state index in [2.05, 4.69) is 15.5 Å². The van der Waals surface area contributed by atoms with Crippen LogP contribution in [0.5, 0.6) is 0 Å². The Morgan fingerprint density at radius 1 is 1.33 bits per heavy atom. The molecule has 1 aliphatic carbocycles. The minimum absolute atomic E-state index is 0.144. The molecule has 1 aromatic carbocycles. The molecule has 1 aromatic heterocycles. The molecule has 0 bridgehead atoms. The molecule has 2 aromatic rings. The number of thioether (sulfide) groups is 1. The van der Waals surface area contributed by atoms with Crippen molar-refractivity contribution in [2.45, 2.75) is 36.8 Å². The van der Waals surface area contributed by atoms with Crippen LogP contribution in [-0.2, 0) is 11.8 Å². The summed E-state index contributed by atoms with van der Waals surface area (Å²) in [6, 6.07) is 4.98. The van der Waals surface area contributed by atoms with E-state index >= 15 is 0 Å². The fourth-order valence-corrected chi connectivity index (χ4v) is 4.07. The van der Waals surface area contributed by atoms with Gasteiger partial charge in [-0.3, -0.25) is 4.79 Å². The van der Waals surface area contributed by atoms with E-state index in [9.17, 15) is 4.79 Å². The average molecular weight is 385 g/mol. The van der Waals surface area contributed by atoms with Crippen LogP contribution in [0, 0.1) is 0 Å². The molecular weight excluding hydrogens is 367 g/mol. The van der Waals surface area contributed by atoms with Crippen LogP contribution in [0.3, 0.4) is 0 Å². The fourth-order valence-electron chi connectivity index (χ4n) is 2.90. The molecule has 128 valence electrons. The first-order valence-electron chi connectivity index (χ1n) is 7.81. The first kappa shape index (κ1) is 17.6. The first-order chi connectivity index (χ1) is 11.5. The molecular formula is C16H18Cl2N4OS. The quantitative estimate of drug-likeness (QED) is 0.770. The number of amides is 1. The van der Waals surface area contributed by atoms with Gasteiger partial charge < -0.3 is 9.88 Å². The molecule has 8 heteroatoms. The van der Waals surface area contributed by atoms with E-state index < -0.39 is 0 Å². The molecule has 1 heterocycles. The Kier molecular flexibility index (Phi) is 5.69. The van der Waals surface area contributed by atoms with Crippen molar-refractivity contribution in [3.05, 3.63) is 34.1 Å². The van der Waals surface area contributed by atoms with Gasteiger partial charge in [-0.25, -0.2) is 0 Å². The standard InChI is InChI=1S/C16H18Cl2N4OS/c1-22-15(10-4-2-3-5-10)20-21-16(22)24-9-14(23)19-13-7-6-11(17)8-12(13)18/h6-8,10H,2-5,9H2,1H3,(H,19,23). The van der Waals surface area contributed by atoms with Gasteiger partial charge in [0.2, 0.25) is 5.91 Å². The Hall–Kier alpha value is -1.24. The molecule has 0 aliphatic heterocycles. The van der Waals surface area contributed by atoms with Crippen LogP contribution in [0.25, 0.3) is 0 Å². The van der Waals surface area contributed by atoms with Gasteiger partial charge in [0.05, 0.1) is 16.5 Å². The second-order valence-corrected chi connectivity index (χ2v) is 7.63. The smallest absolute Gasteiger partial charge is 0.234 e. The van der Waals surface area contributed by atoms with Gasteiger partial charge >= 0.3 is 0 Å². The molecule has 0 unspecified atom stereocenters. The number of benzene rings is 1. The molecule has 1 N–H and O–H groups in total. The van der Waals surface area contributed by atoms with Crippen LogP contribution in [0.1, 0.15) is 37.4 Å². The topological polar surface area (TPSA) is 59.8 Å². The van der Waals surface area contributed by atoms with E-state index in [-0.39, 0.29) is 11.7 Å². The first-order valence-corrected chi connectivity index (χ1v) is 9.55. The summed E-state index contributed by atoms with van der Waals surface area (Å²) in [6.07, 6.45) is 4.85. The Balaban J connectivity index is 1.58. The Labute approximate surface area is 155 Å². The van der Waals surface area contributed by atoms with Gasteiger partial charge in [0.1, 0.15) is 5.82 Å². The van der Waals surface area contributed by atoms with Gasteiger partial charge in [0.25, 0.3) is 0 Å². The van der Waals surface area contributed by atoms with Crippen LogP contribution in [-0.4, -0.2) is 26.4 Å². The molecule has 0 spiro atoms. The number of nitrogens with one attached hydrogen (secondary N) is 1.